The first-order valence-electron chi connectivity index (χ1n) is 6.26. The fourth-order valence-corrected chi connectivity index (χ4v) is 2.49. The van der Waals surface area contributed by atoms with Gasteiger partial charge in [-0.1, -0.05) is 46.3 Å². The number of hydrogen-bond acceptors (Lipinski definition) is 2. The molecule has 2 aromatic rings. The van der Waals surface area contributed by atoms with Gasteiger partial charge in [-0.25, -0.2) is 0 Å². The smallest absolute Gasteiger partial charge is 0.122 e. The van der Waals surface area contributed by atoms with Gasteiger partial charge in [0.2, 0.25) is 0 Å². The van der Waals surface area contributed by atoms with E-state index in [9.17, 15) is 5.11 Å². The van der Waals surface area contributed by atoms with E-state index in [1.807, 2.05) is 48.5 Å². The van der Waals surface area contributed by atoms with Crippen LogP contribution in [0.25, 0.3) is 0 Å². The molecule has 19 heavy (non-hydrogen) atoms. The van der Waals surface area contributed by atoms with Crippen LogP contribution in [0.5, 0.6) is 5.75 Å². The molecule has 2 aromatic carbocycles. The second-order valence-electron chi connectivity index (χ2n) is 4.42. The van der Waals surface area contributed by atoms with Gasteiger partial charge in [0.05, 0.1) is 13.2 Å². The van der Waals surface area contributed by atoms with Gasteiger partial charge in [0.15, 0.2) is 0 Å². The summed E-state index contributed by atoms with van der Waals surface area (Å²) in [6.45, 7) is 0. The molecule has 0 aliphatic heterocycles. The van der Waals surface area contributed by atoms with Crippen LogP contribution in [-0.4, -0.2) is 12.2 Å². The number of aliphatic hydroxyl groups is 1. The van der Waals surface area contributed by atoms with Gasteiger partial charge in [0.1, 0.15) is 5.75 Å². The summed E-state index contributed by atoms with van der Waals surface area (Å²) in [6, 6.07) is 15.7. The first kappa shape index (κ1) is 14.1. The van der Waals surface area contributed by atoms with Crippen LogP contribution in [0.4, 0.5) is 0 Å². The zero-order valence-electron chi connectivity index (χ0n) is 10.8. The lowest BCUT2D eigenvalue weighted by atomic mass is 10.0. The summed E-state index contributed by atoms with van der Waals surface area (Å²) in [4.78, 5) is 0. The lowest BCUT2D eigenvalue weighted by molar-refractivity contribution is 0.167. The highest BCUT2D eigenvalue weighted by Gasteiger charge is 2.10. The molecule has 0 fully saturated rings. The molecule has 1 unspecified atom stereocenters. The van der Waals surface area contributed by atoms with E-state index < -0.39 is 6.10 Å². The normalized spacial score (nSPS) is 12.2. The number of benzene rings is 2. The average molecular weight is 321 g/mol. The molecule has 0 bridgehead atoms. The second kappa shape index (κ2) is 6.73. The molecule has 0 spiro atoms. The molecule has 100 valence electrons. The predicted octanol–water partition coefficient (Wildman–Crippen LogP) is 4.12. The molecule has 2 nitrogen and oxygen atoms in total. The highest BCUT2D eigenvalue weighted by molar-refractivity contribution is 9.10. The first-order valence-corrected chi connectivity index (χ1v) is 7.05. The lowest BCUT2D eigenvalue weighted by Crippen LogP contribution is -2.00. The van der Waals surface area contributed by atoms with Crippen molar-refractivity contribution in [3.05, 3.63) is 64.1 Å². The standard InChI is InChI=1S/C16H17BrO2/c1-19-16-10-8-14(17)11-13(16)7-9-15(18)12-5-3-2-4-6-12/h2-6,8,10-11,15,18H,7,9H2,1H3. The summed E-state index contributed by atoms with van der Waals surface area (Å²) in [5.41, 5.74) is 2.06. The fraction of sp³-hybridized carbons (Fsp3) is 0.250. The van der Waals surface area contributed by atoms with Gasteiger partial charge in [-0.2, -0.15) is 0 Å². The second-order valence-corrected chi connectivity index (χ2v) is 5.34. The van der Waals surface area contributed by atoms with Gasteiger partial charge in [0, 0.05) is 4.47 Å². The van der Waals surface area contributed by atoms with E-state index in [2.05, 4.69) is 15.9 Å². The Hall–Kier alpha value is -1.32. The molecule has 0 saturated carbocycles. The van der Waals surface area contributed by atoms with Crippen molar-refractivity contribution < 1.29 is 9.84 Å². The molecule has 1 N–H and O–H groups in total. The molecule has 3 heteroatoms. The van der Waals surface area contributed by atoms with Gasteiger partial charge in [-0.05, 0) is 42.2 Å². The van der Waals surface area contributed by atoms with Gasteiger partial charge in [0.25, 0.3) is 0 Å². The molecule has 2 rings (SSSR count). The zero-order chi connectivity index (χ0) is 13.7. The van der Waals surface area contributed by atoms with Crippen LogP contribution >= 0.6 is 15.9 Å². The van der Waals surface area contributed by atoms with Crippen molar-refractivity contribution in [3.63, 3.8) is 0 Å². The molecule has 1 atom stereocenters. The number of ether oxygens (including phenoxy) is 1. The van der Waals surface area contributed by atoms with Gasteiger partial charge in [-0.3, -0.25) is 0 Å². The Morgan fingerprint density at radius 3 is 2.58 bits per heavy atom. The van der Waals surface area contributed by atoms with Crippen LogP contribution < -0.4 is 4.74 Å². The van der Waals surface area contributed by atoms with Crippen LogP contribution in [0.3, 0.4) is 0 Å². The maximum absolute atomic E-state index is 10.2. The van der Waals surface area contributed by atoms with Crippen molar-refractivity contribution in [3.8, 4) is 5.75 Å². The quantitative estimate of drug-likeness (QED) is 0.897. The van der Waals surface area contributed by atoms with Crippen LogP contribution in [0.1, 0.15) is 23.7 Å². The number of aliphatic hydroxyl groups excluding tert-OH is 1. The molecule has 0 radical (unpaired) electrons. The highest BCUT2D eigenvalue weighted by Crippen LogP contribution is 2.26. The lowest BCUT2D eigenvalue weighted by Gasteiger charge is -2.13. The molecule has 0 aromatic heterocycles. The van der Waals surface area contributed by atoms with E-state index in [-0.39, 0.29) is 0 Å². The summed E-state index contributed by atoms with van der Waals surface area (Å²) in [7, 11) is 1.67. The van der Waals surface area contributed by atoms with Gasteiger partial charge in [-0.15, -0.1) is 0 Å². The largest absolute Gasteiger partial charge is 0.496 e. The van der Waals surface area contributed by atoms with Crippen molar-refractivity contribution in [2.75, 3.05) is 7.11 Å². The molecule has 0 aliphatic rings. The molecule has 0 aliphatic carbocycles. The predicted molar refractivity (Wildman–Crippen MR) is 80.4 cm³/mol. The maximum Gasteiger partial charge on any atom is 0.122 e. The van der Waals surface area contributed by atoms with Gasteiger partial charge >= 0.3 is 0 Å². The Labute approximate surface area is 122 Å². The Balaban J connectivity index is 2.04. The van der Waals surface area contributed by atoms with Crippen molar-refractivity contribution in [2.24, 2.45) is 0 Å². The number of halogens is 1. The topological polar surface area (TPSA) is 29.5 Å². The fourth-order valence-electron chi connectivity index (χ4n) is 2.08. The van der Waals surface area contributed by atoms with E-state index in [0.29, 0.717) is 6.42 Å². The van der Waals surface area contributed by atoms with Gasteiger partial charge < -0.3 is 9.84 Å². The average Bonchev–Trinajstić information content (AvgIpc) is 2.46. The minimum atomic E-state index is -0.440. The minimum Gasteiger partial charge on any atom is -0.496 e. The maximum atomic E-state index is 10.2. The number of rotatable bonds is 5. The van der Waals surface area contributed by atoms with E-state index in [0.717, 1.165) is 27.8 Å². The SMILES string of the molecule is COc1ccc(Br)cc1CCC(O)c1ccccc1. The minimum absolute atomic E-state index is 0.440. The van der Waals surface area contributed by atoms with Crippen molar-refractivity contribution in [1.82, 2.24) is 0 Å². The third-order valence-corrected chi connectivity index (χ3v) is 3.61. The van der Waals surface area contributed by atoms with E-state index >= 15 is 0 Å². The summed E-state index contributed by atoms with van der Waals surface area (Å²) >= 11 is 3.46. The van der Waals surface area contributed by atoms with E-state index in [4.69, 9.17) is 4.74 Å². The van der Waals surface area contributed by atoms with Crippen molar-refractivity contribution >= 4 is 15.9 Å². The summed E-state index contributed by atoms with van der Waals surface area (Å²) in [5, 5.41) is 10.2. The number of methoxy groups -OCH3 is 1. The van der Waals surface area contributed by atoms with Crippen molar-refractivity contribution in [2.45, 2.75) is 18.9 Å². The summed E-state index contributed by atoms with van der Waals surface area (Å²) in [6.07, 6.45) is 1.01. The molecular formula is C16H17BrO2. The third kappa shape index (κ3) is 3.82. The molecule has 0 heterocycles. The van der Waals surface area contributed by atoms with Crippen LogP contribution in [0, 0.1) is 0 Å². The molecular weight excluding hydrogens is 304 g/mol. The summed E-state index contributed by atoms with van der Waals surface area (Å²) in [5.74, 6) is 0.864. The zero-order valence-corrected chi connectivity index (χ0v) is 12.4. The van der Waals surface area contributed by atoms with E-state index in [1.54, 1.807) is 7.11 Å². The monoisotopic (exact) mass is 320 g/mol. The third-order valence-electron chi connectivity index (χ3n) is 3.11. The Bertz CT molecular complexity index is 526. The Kier molecular flexibility index (Phi) is 5.00. The van der Waals surface area contributed by atoms with Crippen molar-refractivity contribution in [1.29, 1.82) is 0 Å². The molecule has 0 amide bonds. The number of aryl methyl sites for hydroxylation is 1. The summed E-state index contributed by atoms with van der Waals surface area (Å²) < 4.78 is 6.36. The Morgan fingerprint density at radius 2 is 1.89 bits per heavy atom. The molecule has 0 saturated heterocycles. The van der Waals surface area contributed by atoms with Crippen LogP contribution in [0.2, 0.25) is 0 Å². The van der Waals surface area contributed by atoms with Crippen LogP contribution in [-0.2, 0) is 6.42 Å². The van der Waals surface area contributed by atoms with Crippen LogP contribution in [0.15, 0.2) is 53.0 Å². The first-order chi connectivity index (χ1) is 9.20. The highest BCUT2D eigenvalue weighted by atomic mass is 79.9. The van der Waals surface area contributed by atoms with E-state index in [1.165, 1.54) is 0 Å². The Morgan fingerprint density at radius 1 is 1.16 bits per heavy atom. The number of hydrogen-bond donors (Lipinski definition) is 1.